The van der Waals surface area contributed by atoms with Gasteiger partial charge in [0.05, 0.1) is 12.8 Å². The number of rotatable bonds is 5. The molecule has 1 aromatic rings. The van der Waals surface area contributed by atoms with Gasteiger partial charge in [0.1, 0.15) is 5.76 Å². The largest absolute Gasteiger partial charge is 0.468 e. The number of hydrogen-bond donors (Lipinski definition) is 1. The molecule has 1 N–H and O–H groups in total. The predicted molar refractivity (Wildman–Crippen MR) is 70.2 cm³/mol. The normalized spacial score (nSPS) is 15.9. The molecule has 4 heteroatoms. The fourth-order valence-electron chi connectivity index (χ4n) is 2.28. The van der Waals surface area contributed by atoms with Crippen molar-refractivity contribution in [3.05, 3.63) is 23.7 Å². The molecule has 1 aliphatic heterocycles. The summed E-state index contributed by atoms with van der Waals surface area (Å²) in [4.78, 5) is 13.9. The molecule has 0 radical (unpaired) electrons. The Kier molecular flexibility index (Phi) is 4.81. The van der Waals surface area contributed by atoms with Crippen molar-refractivity contribution in [3.8, 4) is 0 Å². The van der Waals surface area contributed by atoms with Crippen molar-refractivity contribution in [2.24, 2.45) is 0 Å². The molecule has 18 heavy (non-hydrogen) atoms. The Morgan fingerprint density at radius 1 is 1.39 bits per heavy atom. The maximum atomic E-state index is 11.9. The lowest BCUT2D eigenvalue weighted by Gasteiger charge is -2.26. The van der Waals surface area contributed by atoms with Gasteiger partial charge in [0.15, 0.2) is 0 Å². The Bertz CT molecular complexity index is 381. The number of nitrogens with zero attached hydrogens (tertiary/aromatic N) is 1. The summed E-state index contributed by atoms with van der Waals surface area (Å²) in [7, 11) is 0. The van der Waals surface area contributed by atoms with Crippen molar-refractivity contribution in [2.75, 3.05) is 19.6 Å². The summed E-state index contributed by atoms with van der Waals surface area (Å²) in [5.74, 6) is 1.23. The zero-order valence-corrected chi connectivity index (χ0v) is 11.1. The van der Waals surface area contributed by atoms with Crippen LogP contribution in [0.25, 0.3) is 0 Å². The molecule has 0 saturated carbocycles. The van der Waals surface area contributed by atoms with Crippen LogP contribution in [0.5, 0.6) is 0 Å². The highest BCUT2D eigenvalue weighted by atomic mass is 16.3. The topological polar surface area (TPSA) is 45.5 Å². The molecule has 0 unspecified atom stereocenters. The lowest BCUT2D eigenvalue weighted by molar-refractivity contribution is -0.131. The van der Waals surface area contributed by atoms with E-state index in [-0.39, 0.29) is 5.91 Å². The minimum atomic E-state index is 0.276. The van der Waals surface area contributed by atoms with Gasteiger partial charge in [-0.05, 0) is 37.8 Å². The van der Waals surface area contributed by atoms with Crippen molar-refractivity contribution in [2.45, 2.75) is 39.2 Å². The standard InChI is InChI=1S/C14H22N2O2/c1-12-6-10-18-13(12)11-15-7-5-14(17)16-8-3-2-4-9-16/h6,10,15H,2-5,7-9,11H2,1H3. The van der Waals surface area contributed by atoms with E-state index < -0.39 is 0 Å². The highest BCUT2D eigenvalue weighted by Gasteiger charge is 2.15. The summed E-state index contributed by atoms with van der Waals surface area (Å²) in [5.41, 5.74) is 1.16. The van der Waals surface area contributed by atoms with Crippen LogP contribution in [0.3, 0.4) is 0 Å². The first-order valence-corrected chi connectivity index (χ1v) is 6.79. The van der Waals surface area contributed by atoms with Gasteiger partial charge in [0, 0.05) is 26.1 Å². The number of nitrogens with one attached hydrogen (secondary N) is 1. The summed E-state index contributed by atoms with van der Waals surface area (Å²) in [6.45, 7) is 5.33. The van der Waals surface area contributed by atoms with E-state index in [9.17, 15) is 4.79 Å². The Morgan fingerprint density at radius 2 is 2.17 bits per heavy atom. The van der Waals surface area contributed by atoms with Crippen LogP contribution in [0, 0.1) is 6.92 Å². The van der Waals surface area contributed by atoms with Gasteiger partial charge < -0.3 is 14.6 Å². The van der Waals surface area contributed by atoms with Crippen molar-refractivity contribution in [3.63, 3.8) is 0 Å². The molecule has 1 amide bonds. The molecule has 0 aliphatic carbocycles. The summed E-state index contributed by atoms with van der Waals surface area (Å²) < 4.78 is 5.33. The van der Waals surface area contributed by atoms with Crippen molar-refractivity contribution in [1.82, 2.24) is 10.2 Å². The van der Waals surface area contributed by atoms with E-state index in [4.69, 9.17) is 4.42 Å². The minimum Gasteiger partial charge on any atom is -0.468 e. The van der Waals surface area contributed by atoms with E-state index in [1.165, 1.54) is 6.42 Å². The average Bonchev–Trinajstić information content (AvgIpc) is 2.81. The van der Waals surface area contributed by atoms with E-state index >= 15 is 0 Å². The Morgan fingerprint density at radius 3 is 2.83 bits per heavy atom. The van der Waals surface area contributed by atoms with Crippen LogP contribution < -0.4 is 5.32 Å². The number of carbonyl (C=O) groups is 1. The van der Waals surface area contributed by atoms with Gasteiger partial charge in [-0.3, -0.25) is 4.79 Å². The van der Waals surface area contributed by atoms with Crippen LogP contribution in [0.1, 0.15) is 37.0 Å². The van der Waals surface area contributed by atoms with Gasteiger partial charge >= 0.3 is 0 Å². The van der Waals surface area contributed by atoms with E-state index in [1.807, 2.05) is 17.9 Å². The van der Waals surface area contributed by atoms with Crippen LogP contribution >= 0.6 is 0 Å². The predicted octanol–water partition coefficient (Wildman–Crippen LogP) is 2.08. The molecule has 0 aromatic carbocycles. The fraction of sp³-hybridized carbons (Fsp3) is 0.643. The van der Waals surface area contributed by atoms with Gasteiger partial charge in [-0.2, -0.15) is 0 Å². The van der Waals surface area contributed by atoms with Gasteiger partial charge in [-0.15, -0.1) is 0 Å². The third-order valence-corrected chi connectivity index (χ3v) is 3.48. The molecule has 0 spiro atoms. The molecule has 2 rings (SSSR count). The molecule has 0 bridgehead atoms. The van der Waals surface area contributed by atoms with Crippen LogP contribution in [-0.2, 0) is 11.3 Å². The molecule has 1 saturated heterocycles. The molecule has 4 nitrogen and oxygen atoms in total. The molecule has 1 aromatic heterocycles. The van der Waals surface area contributed by atoms with Crippen LogP contribution in [0.4, 0.5) is 0 Å². The number of furan rings is 1. The molecule has 100 valence electrons. The number of piperidine rings is 1. The smallest absolute Gasteiger partial charge is 0.223 e. The van der Waals surface area contributed by atoms with E-state index in [1.54, 1.807) is 6.26 Å². The molecule has 0 atom stereocenters. The second-order valence-electron chi connectivity index (χ2n) is 4.90. The minimum absolute atomic E-state index is 0.276. The van der Waals surface area contributed by atoms with Crippen molar-refractivity contribution >= 4 is 5.91 Å². The second-order valence-corrected chi connectivity index (χ2v) is 4.90. The Labute approximate surface area is 108 Å². The molecule has 2 heterocycles. The van der Waals surface area contributed by atoms with Gasteiger partial charge in [0.25, 0.3) is 0 Å². The van der Waals surface area contributed by atoms with Crippen molar-refractivity contribution < 1.29 is 9.21 Å². The Balaban J connectivity index is 1.63. The maximum absolute atomic E-state index is 11.9. The maximum Gasteiger partial charge on any atom is 0.223 e. The van der Waals surface area contributed by atoms with Crippen LogP contribution in [-0.4, -0.2) is 30.4 Å². The third-order valence-electron chi connectivity index (χ3n) is 3.48. The first kappa shape index (κ1) is 13.1. The monoisotopic (exact) mass is 250 g/mol. The number of amides is 1. The molecular weight excluding hydrogens is 228 g/mol. The second kappa shape index (κ2) is 6.59. The molecular formula is C14H22N2O2. The van der Waals surface area contributed by atoms with E-state index in [0.29, 0.717) is 13.0 Å². The zero-order chi connectivity index (χ0) is 12.8. The summed E-state index contributed by atoms with van der Waals surface area (Å²) in [6.07, 6.45) is 5.86. The number of carbonyl (C=O) groups excluding carboxylic acids is 1. The Hall–Kier alpha value is -1.29. The zero-order valence-electron chi connectivity index (χ0n) is 11.1. The molecule has 1 aliphatic rings. The van der Waals surface area contributed by atoms with Gasteiger partial charge in [0.2, 0.25) is 5.91 Å². The third kappa shape index (κ3) is 3.60. The van der Waals surface area contributed by atoms with E-state index in [0.717, 1.165) is 43.8 Å². The van der Waals surface area contributed by atoms with Gasteiger partial charge in [-0.1, -0.05) is 0 Å². The summed E-state index contributed by atoms with van der Waals surface area (Å²) in [5, 5.41) is 3.26. The number of aryl methyl sites for hydroxylation is 1. The van der Waals surface area contributed by atoms with Crippen LogP contribution in [0.2, 0.25) is 0 Å². The first-order chi connectivity index (χ1) is 8.77. The van der Waals surface area contributed by atoms with E-state index in [2.05, 4.69) is 5.32 Å². The molecule has 1 fully saturated rings. The highest BCUT2D eigenvalue weighted by Crippen LogP contribution is 2.10. The van der Waals surface area contributed by atoms with Crippen LogP contribution in [0.15, 0.2) is 16.7 Å². The summed E-state index contributed by atoms with van der Waals surface area (Å²) >= 11 is 0. The fourth-order valence-corrected chi connectivity index (χ4v) is 2.28. The lowest BCUT2D eigenvalue weighted by Crippen LogP contribution is -2.37. The average molecular weight is 250 g/mol. The van der Waals surface area contributed by atoms with Crippen molar-refractivity contribution in [1.29, 1.82) is 0 Å². The number of likely N-dealkylation sites (tertiary alicyclic amines) is 1. The summed E-state index contributed by atoms with van der Waals surface area (Å²) in [6, 6.07) is 1.95. The quantitative estimate of drug-likeness (QED) is 0.814. The first-order valence-electron chi connectivity index (χ1n) is 6.79. The SMILES string of the molecule is Cc1ccoc1CNCCC(=O)N1CCCCC1. The lowest BCUT2D eigenvalue weighted by atomic mass is 10.1. The number of hydrogen-bond acceptors (Lipinski definition) is 3. The van der Waals surface area contributed by atoms with Gasteiger partial charge in [-0.25, -0.2) is 0 Å². The highest BCUT2D eigenvalue weighted by molar-refractivity contribution is 5.76.